The number of hydrogen-bond donors (Lipinski definition) is 1. The number of hydrogen-bond acceptors (Lipinski definition) is 7. The zero-order valence-electron chi connectivity index (χ0n) is 27.4. The van der Waals surface area contributed by atoms with Gasteiger partial charge in [0.05, 0.1) is 42.1 Å². The molecule has 2 aliphatic rings. The molecule has 0 spiro atoms. The summed E-state index contributed by atoms with van der Waals surface area (Å²) >= 11 is 0. The third-order valence-electron chi connectivity index (χ3n) is 9.21. The lowest BCUT2D eigenvalue weighted by molar-refractivity contribution is -0.138. The highest BCUT2D eigenvalue weighted by Crippen LogP contribution is 2.36. The lowest BCUT2D eigenvalue weighted by Gasteiger charge is -2.34. The van der Waals surface area contributed by atoms with Crippen LogP contribution < -0.4 is 4.74 Å². The molecule has 0 saturated carbocycles. The smallest absolute Gasteiger partial charge is 0.416 e. The molecule has 6 rings (SSSR count). The Bertz CT molecular complexity index is 1770. The maximum atomic E-state index is 14.9. The second-order valence-corrected chi connectivity index (χ2v) is 12.6. The molecule has 1 fully saturated rings. The number of nitrogens with zero attached hydrogens (tertiary/aromatic N) is 5. The Balaban J connectivity index is 1.17. The quantitative estimate of drug-likeness (QED) is 0.210. The van der Waals surface area contributed by atoms with Crippen LogP contribution in [-0.2, 0) is 41.6 Å². The van der Waals surface area contributed by atoms with Gasteiger partial charge in [-0.25, -0.2) is 9.37 Å². The summed E-state index contributed by atoms with van der Waals surface area (Å²) in [5.74, 6) is -0.738. The first-order valence-electron chi connectivity index (χ1n) is 16.3. The number of likely N-dealkylation sites (N-methyl/N-ethyl adjacent to an activating group) is 1. The van der Waals surface area contributed by atoms with Crippen molar-refractivity contribution < 1.29 is 31.8 Å². The molecule has 1 saturated heterocycles. The van der Waals surface area contributed by atoms with Gasteiger partial charge in [0, 0.05) is 71.0 Å². The molecular formula is C35H40F4N6O3. The zero-order valence-corrected chi connectivity index (χ0v) is 27.4. The van der Waals surface area contributed by atoms with Gasteiger partial charge in [-0.3, -0.25) is 14.7 Å². The number of aromatic nitrogens is 3. The zero-order chi connectivity index (χ0) is 34.0. The Morgan fingerprint density at radius 1 is 1.06 bits per heavy atom. The van der Waals surface area contributed by atoms with E-state index in [4.69, 9.17) is 9.47 Å². The fraction of sp³-hybridized carbons (Fsp3) is 0.457. The van der Waals surface area contributed by atoms with Crippen molar-refractivity contribution in [3.05, 3.63) is 82.2 Å². The number of piperazine rings is 1. The number of amides is 1. The first-order chi connectivity index (χ1) is 23.0. The molecule has 13 heteroatoms. The van der Waals surface area contributed by atoms with Crippen LogP contribution in [-0.4, -0.2) is 88.5 Å². The first kappa shape index (κ1) is 33.8. The Labute approximate surface area is 276 Å². The van der Waals surface area contributed by atoms with Gasteiger partial charge < -0.3 is 24.3 Å². The summed E-state index contributed by atoms with van der Waals surface area (Å²) in [6, 6.07) is 7.78. The monoisotopic (exact) mass is 668 g/mol. The molecule has 0 bridgehead atoms. The van der Waals surface area contributed by atoms with Crippen molar-refractivity contribution in [3.63, 3.8) is 0 Å². The fourth-order valence-corrected chi connectivity index (χ4v) is 6.58. The van der Waals surface area contributed by atoms with Crippen LogP contribution in [0, 0.1) is 5.82 Å². The van der Waals surface area contributed by atoms with Gasteiger partial charge in [-0.1, -0.05) is 26.0 Å². The molecule has 1 aromatic carbocycles. The number of carbonyl (C=O) groups is 1. The van der Waals surface area contributed by atoms with Crippen LogP contribution in [0.5, 0.6) is 11.5 Å². The van der Waals surface area contributed by atoms with Gasteiger partial charge >= 0.3 is 6.18 Å². The van der Waals surface area contributed by atoms with E-state index in [1.54, 1.807) is 30.2 Å². The number of carbonyl (C=O) groups excluding carboxylic acids is 1. The molecule has 4 aromatic rings. The average molecular weight is 669 g/mol. The minimum absolute atomic E-state index is 0.00518. The summed E-state index contributed by atoms with van der Waals surface area (Å²) in [7, 11) is 1.60. The molecule has 5 heterocycles. The van der Waals surface area contributed by atoms with Gasteiger partial charge in [-0.2, -0.15) is 13.2 Å². The molecular weight excluding hydrogens is 628 g/mol. The molecule has 48 heavy (non-hydrogen) atoms. The highest BCUT2D eigenvalue weighted by atomic mass is 19.4. The molecule has 0 aliphatic carbocycles. The van der Waals surface area contributed by atoms with Crippen molar-refractivity contribution in [1.29, 1.82) is 0 Å². The minimum atomic E-state index is -4.54. The normalized spacial score (nSPS) is 17.6. The number of pyridine rings is 2. The number of methoxy groups -OCH3 is 1. The van der Waals surface area contributed by atoms with E-state index >= 15 is 0 Å². The summed E-state index contributed by atoms with van der Waals surface area (Å²) in [4.78, 5) is 31.3. The molecule has 2 aliphatic heterocycles. The molecule has 1 amide bonds. The van der Waals surface area contributed by atoms with Crippen LogP contribution in [0.2, 0.25) is 0 Å². The van der Waals surface area contributed by atoms with Crippen LogP contribution in [0.25, 0.3) is 11.0 Å². The topological polar surface area (TPSA) is 86.8 Å². The first-order valence-corrected chi connectivity index (χ1v) is 16.3. The lowest BCUT2D eigenvalue weighted by atomic mass is 9.95. The second kappa shape index (κ2) is 14.2. The SMILES string of the molecule is CCN1CCN(Cc2ccc(CC(=O)N3Cc4cc(Oc5c(F)cnc6[nH]c(CCOC)cc56)cnc4C(C)C3)cc2C(F)(F)F)CC1. The third-order valence-corrected chi connectivity index (χ3v) is 9.21. The molecule has 1 atom stereocenters. The molecule has 1 N–H and O–H groups in total. The molecule has 9 nitrogen and oxygen atoms in total. The Morgan fingerprint density at radius 2 is 1.83 bits per heavy atom. The Kier molecular flexibility index (Phi) is 10.00. The summed E-state index contributed by atoms with van der Waals surface area (Å²) < 4.78 is 68.7. The number of fused-ring (bicyclic) bond motifs is 2. The molecule has 256 valence electrons. The van der Waals surface area contributed by atoms with E-state index in [1.807, 2.05) is 11.8 Å². The molecule has 3 aromatic heterocycles. The van der Waals surface area contributed by atoms with Gasteiger partial charge in [0.15, 0.2) is 11.6 Å². The lowest BCUT2D eigenvalue weighted by Crippen LogP contribution is -2.45. The number of alkyl halides is 3. The van der Waals surface area contributed by atoms with Gasteiger partial charge in [0.2, 0.25) is 5.91 Å². The number of ether oxygens (including phenoxy) is 2. The summed E-state index contributed by atoms with van der Waals surface area (Å²) in [6.07, 6.45) is -1.49. The maximum Gasteiger partial charge on any atom is 0.416 e. The summed E-state index contributed by atoms with van der Waals surface area (Å²) in [5, 5.41) is 0.479. The molecule has 0 radical (unpaired) electrons. The second-order valence-electron chi connectivity index (χ2n) is 12.6. The van der Waals surface area contributed by atoms with Gasteiger partial charge in [0.25, 0.3) is 0 Å². The standard InChI is InChI=1S/C35H40F4N6O3/c1-4-43-8-10-44(11-9-43)20-24-6-5-23(13-29(24)35(37,38)39)14-31(46)45-19-22(2)32-25(21-45)15-27(17-40-32)48-33-28-16-26(7-12-47-3)42-34(28)41-18-30(33)36/h5-6,13,15-18,22H,4,7-12,14,19-21H2,1-3H3,(H,41,42). The van der Waals surface area contributed by atoms with E-state index in [9.17, 15) is 22.4 Å². The number of nitrogens with one attached hydrogen (secondary N) is 1. The van der Waals surface area contributed by atoms with E-state index in [1.165, 1.54) is 12.3 Å². The van der Waals surface area contributed by atoms with Crippen molar-refractivity contribution >= 4 is 16.9 Å². The number of benzene rings is 1. The average Bonchev–Trinajstić information content (AvgIpc) is 3.49. The van der Waals surface area contributed by atoms with E-state index < -0.39 is 17.6 Å². The number of aromatic amines is 1. The van der Waals surface area contributed by atoms with Crippen LogP contribution in [0.4, 0.5) is 17.6 Å². The van der Waals surface area contributed by atoms with Crippen LogP contribution in [0.15, 0.2) is 42.7 Å². The number of halogens is 4. The van der Waals surface area contributed by atoms with Gasteiger partial charge in [-0.15, -0.1) is 0 Å². The van der Waals surface area contributed by atoms with Crippen LogP contribution in [0.1, 0.15) is 53.4 Å². The van der Waals surface area contributed by atoms with Crippen LogP contribution >= 0.6 is 0 Å². The Morgan fingerprint density at radius 3 is 2.56 bits per heavy atom. The van der Waals surface area contributed by atoms with Crippen molar-refractivity contribution in [2.45, 2.75) is 51.9 Å². The largest absolute Gasteiger partial charge is 0.452 e. The van der Waals surface area contributed by atoms with E-state index in [0.717, 1.165) is 48.8 Å². The van der Waals surface area contributed by atoms with E-state index in [0.29, 0.717) is 55.0 Å². The predicted molar refractivity (Wildman–Crippen MR) is 172 cm³/mol. The van der Waals surface area contributed by atoms with Crippen molar-refractivity contribution in [2.75, 3.05) is 53.0 Å². The van der Waals surface area contributed by atoms with Crippen LogP contribution in [0.3, 0.4) is 0 Å². The number of rotatable bonds is 10. The maximum absolute atomic E-state index is 14.9. The highest BCUT2D eigenvalue weighted by Gasteiger charge is 2.35. The fourth-order valence-electron chi connectivity index (χ4n) is 6.58. The Hall–Kier alpha value is -4.07. The minimum Gasteiger partial charge on any atom is -0.452 e. The van der Waals surface area contributed by atoms with E-state index in [2.05, 4.69) is 26.8 Å². The number of H-pyrrole nitrogens is 1. The van der Waals surface area contributed by atoms with Crippen molar-refractivity contribution in [3.8, 4) is 11.5 Å². The molecule has 1 unspecified atom stereocenters. The summed E-state index contributed by atoms with van der Waals surface area (Å²) in [6.45, 7) is 9.32. The predicted octanol–water partition coefficient (Wildman–Crippen LogP) is 5.92. The van der Waals surface area contributed by atoms with Crippen molar-refractivity contribution in [2.24, 2.45) is 0 Å². The highest BCUT2D eigenvalue weighted by molar-refractivity contribution is 5.84. The van der Waals surface area contributed by atoms with Gasteiger partial charge in [0.1, 0.15) is 11.4 Å². The van der Waals surface area contributed by atoms with Crippen molar-refractivity contribution in [1.82, 2.24) is 29.7 Å². The summed E-state index contributed by atoms with van der Waals surface area (Å²) in [5.41, 5.74) is 2.66. The third kappa shape index (κ3) is 7.48. The van der Waals surface area contributed by atoms with Gasteiger partial charge in [-0.05, 0) is 41.4 Å². The van der Waals surface area contributed by atoms with E-state index in [-0.39, 0.29) is 42.6 Å².